The van der Waals surface area contributed by atoms with Crippen molar-refractivity contribution in [1.29, 1.82) is 5.26 Å². The van der Waals surface area contributed by atoms with Gasteiger partial charge in [-0.1, -0.05) is 0 Å². The lowest BCUT2D eigenvalue weighted by Gasteiger charge is -2.38. The van der Waals surface area contributed by atoms with Gasteiger partial charge in [-0.05, 0) is 25.0 Å². The highest BCUT2D eigenvalue weighted by molar-refractivity contribution is 6.09. The lowest BCUT2D eigenvalue weighted by Crippen LogP contribution is -2.55. The summed E-state index contributed by atoms with van der Waals surface area (Å²) in [5.41, 5.74) is 8.31. The Bertz CT molecular complexity index is 911. The summed E-state index contributed by atoms with van der Waals surface area (Å²) in [6.45, 7) is 0.958. The molecule has 1 fully saturated rings. The Morgan fingerprint density at radius 2 is 2.00 bits per heavy atom. The van der Waals surface area contributed by atoms with Crippen molar-refractivity contribution in [3.63, 3.8) is 0 Å². The first-order valence-corrected chi connectivity index (χ1v) is 8.84. The fourth-order valence-electron chi connectivity index (χ4n) is 3.67. The Hall–Kier alpha value is -3.13. The van der Waals surface area contributed by atoms with Crippen LogP contribution in [0, 0.1) is 17.2 Å². The minimum Gasteiger partial charge on any atom is -0.401 e. The molecule has 0 radical (unpaired) electrons. The van der Waals surface area contributed by atoms with Gasteiger partial charge in [-0.3, -0.25) is 4.79 Å². The van der Waals surface area contributed by atoms with Crippen LogP contribution in [0.3, 0.4) is 0 Å². The lowest BCUT2D eigenvalue weighted by atomic mass is 9.80. The Labute approximate surface area is 164 Å². The van der Waals surface area contributed by atoms with Gasteiger partial charge in [-0.15, -0.1) is 0 Å². The molecule has 2 aliphatic rings. The van der Waals surface area contributed by atoms with E-state index in [9.17, 15) is 23.1 Å². The Morgan fingerprint density at radius 1 is 1.34 bits per heavy atom. The third-order valence-corrected chi connectivity index (χ3v) is 5.24. The largest absolute Gasteiger partial charge is 0.422 e. The molecule has 1 unspecified atom stereocenters. The molecule has 3 heterocycles. The van der Waals surface area contributed by atoms with Crippen molar-refractivity contribution in [2.75, 3.05) is 18.0 Å². The second-order valence-corrected chi connectivity index (χ2v) is 7.03. The maximum atomic E-state index is 13.6. The van der Waals surface area contributed by atoms with E-state index in [0.29, 0.717) is 25.9 Å². The molecular weight excluding hydrogens is 389 g/mol. The average molecular weight is 408 g/mol. The summed E-state index contributed by atoms with van der Waals surface area (Å²) >= 11 is 0. The number of carbonyl (C=O) groups is 1. The predicted octanol–water partition coefficient (Wildman–Crippen LogP) is 0.963. The Kier molecular flexibility index (Phi) is 5.23. The number of allylic oxidation sites excluding steroid dienone is 1. The van der Waals surface area contributed by atoms with Crippen molar-refractivity contribution >= 4 is 17.4 Å². The maximum Gasteiger partial charge on any atom is 0.422 e. The number of aliphatic imine (C=N–C) groups is 1. The third-order valence-electron chi connectivity index (χ3n) is 5.24. The SMILES string of the molecule is N#Cc1ccc(N2CCC(C(N)=C3C(N)=NC(=O)CC3(O)C(F)(F)F)CC2)cn1. The molecule has 0 bridgehead atoms. The number of rotatable bonds is 2. The minimum absolute atomic E-state index is 0.198. The quantitative estimate of drug-likeness (QED) is 0.662. The summed E-state index contributed by atoms with van der Waals surface area (Å²) in [5.74, 6) is -2.32. The van der Waals surface area contributed by atoms with Crippen LogP contribution in [-0.4, -0.2) is 46.7 Å². The second-order valence-electron chi connectivity index (χ2n) is 7.03. The fourth-order valence-corrected chi connectivity index (χ4v) is 3.67. The number of amides is 1. The van der Waals surface area contributed by atoms with Gasteiger partial charge in [0.25, 0.3) is 5.91 Å². The molecule has 1 atom stereocenters. The maximum absolute atomic E-state index is 13.6. The molecule has 1 aromatic rings. The fraction of sp³-hybridized carbons (Fsp3) is 0.444. The van der Waals surface area contributed by atoms with Crippen molar-refractivity contribution < 1.29 is 23.1 Å². The molecule has 0 aromatic carbocycles. The normalized spacial score (nSPS) is 25.4. The number of alkyl halides is 3. The molecular formula is C18H19F3N6O2. The molecule has 11 heteroatoms. The number of piperidine rings is 1. The number of nitrogens with zero attached hydrogens (tertiary/aromatic N) is 4. The van der Waals surface area contributed by atoms with E-state index in [2.05, 4.69) is 9.98 Å². The van der Waals surface area contributed by atoms with Gasteiger partial charge in [0.15, 0.2) is 5.60 Å². The molecule has 154 valence electrons. The van der Waals surface area contributed by atoms with E-state index in [4.69, 9.17) is 16.7 Å². The van der Waals surface area contributed by atoms with Crippen LogP contribution < -0.4 is 16.4 Å². The van der Waals surface area contributed by atoms with E-state index in [1.807, 2.05) is 11.0 Å². The van der Waals surface area contributed by atoms with Crippen LogP contribution in [0.1, 0.15) is 25.0 Å². The van der Waals surface area contributed by atoms with Crippen LogP contribution in [0.2, 0.25) is 0 Å². The van der Waals surface area contributed by atoms with Crippen LogP contribution in [0.4, 0.5) is 18.9 Å². The van der Waals surface area contributed by atoms with Gasteiger partial charge in [0, 0.05) is 24.7 Å². The number of pyridine rings is 1. The third kappa shape index (κ3) is 3.75. The summed E-state index contributed by atoms with van der Waals surface area (Å²) in [4.78, 5) is 20.9. The first-order valence-electron chi connectivity index (χ1n) is 8.84. The Morgan fingerprint density at radius 3 is 2.52 bits per heavy atom. The number of aromatic nitrogens is 1. The van der Waals surface area contributed by atoms with Gasteiger partial charge in [0.2, 0.25) is 0 Å². The number of aliphatic hydroxyl groups is 1. The van der Waals surface area contributed by atoms with Gasteiger partial charge >= 0.3 is 6.18 Å². The summed E-state index contributed by atoms with van der Waals surface area (Å²) in [5, 5.41) is 19.1. The molecule has 3 rings (SSSR count). The first kappa shape index (κ1) is 20.6. The first-order chi connectivity index (χ1) is 13.6. The van der Waals surface area contributed by atoms with Gasteiger partial charge in [0.05, 0.1) is 23.9 Å². The lowest BCUT2D eigenvalue weighted by molar-refractivity contribution is -0.244. The molecule has 29 heavy (non-hydrogen) atoms. The van der Waals surface area contributed by atoms with Gasteiger partial charge in [-0.25, -0.2) is 4.98 Å². The highest BCUT2D eigenvalue weighted by Crippen LogP contribution is 2.43. The van der Waals surface area contributed by atoms with E-state index >= 15 is 0 Å². The van der Waals surface area contributed by atoms with Gasteiger partial charge in [-0.2, -0.15) is 23.4 Å². The number of nitrogens with two attached hydrogens (primary N) is 2. The van der Waals surface area contributed by atoms with Crippen LogP contribution in [0.5, 0.6) is 0 Å². The number of amidine groups is 1. The zero-order chi connectivity index (χ0) is 21.4. The van der Waals surface area contributed by atoms with Crippen molar-refractivity contribution in [1.82, 2.24) is 4.98 Å². The molecule has 5 N–H and O–H groups in total. The monoisotopic (exact) mass is 408 g/mol. The highest BCUT2D eigenvalue weighted by atomic mass is 19.4. The number of hydrogen-bond acceptors (Lipinski definition) is 7. The summed E-state index contributed by atoms with van der Waals surface area (Å²) < 4.78 is 40.7. The van der Waals surface area contributed by atoms with Crippen molar-refractivity contribution in [3.05, 3.63) is 35.3 Å². The average Bonchev–Trinajstić information content (AvgIpc) is 2.66. The molecule has 1 aromatic heterocycles. The molecule has 0 saturated carbocycles. The molecule has 0 spiro atoms. The number of hydrogen-bond donors (Lipinski definition) is 3. The molecule has 0 aliphatic carbocycles. The zero-order valence-corrected chi connectivity index (χ0v) is 15.3. The summed E-state index contributed by atoms with van der Waals surface area (Å²) in [6.07, 6.45) is -4.00. The highest BCUT2D eigenvalue weighted by Gasteiger charge is 2.60. The van der Waals surface area contributed by atoms with Gasteiger partial charge in [0.1, 0.15) is 17.6 Å². The second kappa shape index (κ2) is 7.36. The molecule has 1 amide bonds. The van der Waals surface area contributed by atoms with Crippen molar-refractivity contribution in [2.24, 2.45) is 22.4 Å². The standard InChI is InChI=1S/C18H19F3N6O2/c19-18(20,21)17(29)7-13(28)26-16(24)14(17)15(23)10-3-5-27(6-4-10)12-2-1-11(8-22)25-9-12/h1-2,9-10,29H,3-7,23H2,(H2,24,26,28). The van der Waals surface area contributed by atoms with Crippen LogP contribution in [0.15, 0.2) is 34.6 Å². The Balaban J connectivity index is 1.84. The van der Waals surface area contributed by atoms with E-state index in [1.54, 1.807) is 18.3 Å². The van der Waals surface area contributed by atoms with E-state index < -0.39 is 41.4 Å². The van der Waals surface area contributed by atoms with E-state index in [-0.39, 0.29) is 11.4 Å². The molecule has 2 aliphatic heterocycles. The number of nitriles is 1. The number of carbonyl (C=O) groups excluding carboxylic acids is 1. The minimum atomic E-state index is -5.13. The zero-order valence-electron chi connectivity index (χ0n) is 15.3. The number of anilines is 1. The van der Waals surface area contributed by atoms with Crippen LogP contribution in [0.25, 0.3) is 0 Å². The van der Waals surface area contributed by atoms with E-state index in [1.165, 1.54) is 0 Å². The topological polar surface area (TPSA) is 142 Å². The summed E-state index contributed by atoms with van der Waals surface area (Å²) in [6, 6.07) is 5.25. The summed E-state index contributed by atoms with van der Waals surface area (Å²) in [7, 11) is 0. The van der Waals surface area contributed by atoms with Gasteiger partial charge < -0.3 is 21.5 Å². The predicted molar refractivity (Wildman–Crippen MR) is 97.4 cm³/mol. The molecule has 1 saturated heterocycles. The van der Waals surface area contributed by atoms with Crippen molar-refractivity contribution in [3.8, 4) is 6.07 Å². The van der Waals surface area contributed by atoms with E-state index in [0.717, 1.165) is 5.69 Å². The molecule has 8 nitrogen and oxygen atoms in total. The smallest absolute Gasteiger partial charge is 0.401 e. The number of halogens is 3. The van der Waals surface area contributed by atoms with Crippen LogP contribution in [-0.2, 0) is 4.79 Å². The van der Waals surface area contributed by atoms with Crippen molar-refractivity contribution in [2.45, 2.75) is 31.0 Å². The van der Waals surface area contributed by atoms with Crippen LogP contribution >= 0.6 is 0 Å².